The van der Waals surface area contributed by atoms with Gasteiger partial charge in [-0.05, 0) is 54.3 Å². The number of hydrogen-bond donors (Lipinski definition) is 0. The van der Waals surface area contributed by atoms with E-state index in [0.717, 1.165) is 10.9 Å². The average molecular weight is 555 g/mol. The van der Waals surface area contributed by atoms with Gasteiger partial charge in [0.1, 0.15) is 5.75 Å². The fraction of sp³-hybridized carbons (Fsp3) is 0.219. The maximum atomic E-state index is 14.2. The Bertz CT molecular complexity index is 1600. The van der Waals surface area contributed by atoms with E-state index in [2.05, 4.69) is 0 Å². The van der Waals surface area contributed by atoms with Crippen molar-refractivity contribution in [2.75, 3.05) is 46.4 Å². The van der Waals surface area contributed by atoms with Crippen LogP contribution in [0, 0.1) is 6.92 Å². The van der Waals surface area contributed by atoms with Crippen molar-refractivity contribution in [2.24, 2.45) is 0 Å². The molecule has 0 bridgehead atoms. The third-order valence-corrected chi connectivity index (χ3v) is 7.19. The summed E-state index contributed by atoms with van der Waals surface area (Å²) in [7, 11) is 5.95. The van der Waals surface area contributed by atoms with E-state index in [4.69, 9.17) is 18.9 Å². The number of benzene rings is 4. The second-order valence-electron chi connectivity index (χ2n) is 9.52. The van der Waals surface area contributed by atoms with Gasteiger partial charge >= 0.3 is 0 Å². The topological polar surface area (TPSA) is 94.6 Å². The van der Waals surface area contributed by atoms with Crippen molar-refractivity contribution in [1.29, 1.82) is 0 Å². The Kier molecular flexibility index (Phi) is 7.52. The van der Waals surface area contributed by atoms with Gasteiger partial charge in [-0.1, -0.05) is 30.3 Å². The van der Waals surface area contributed by atoms with Crippen molar-refractivity contribution in [3.05, 3.63) is 89.0 Å². The molecular formula is C32H30N2O7. The average Bonchev–Trinajstić information content (AvgIpc) is 3.00. The van der Waals surface area contributed by atoms with Gasteiger partial charge < -0.3 is 23.8 Å². The molecule has 210 valence electrons. The molecule has 0 saturated heterocycles. The fourth-order valence-electron chi connectivity index (χ4n) is 5.18. The number of hydrogen-bond acceptors (Lipinski definition) is 7. The van der Waals surface area contributed by atoms with Crippen LogP contribution in [0.1, 0.15) is 36.6 Å². The van der Waals surface area contributed by atoms with Crippen LogP contribution in [0.15, 0.2) is 66.7 Å². The molecule has 0 aliphatic carbocycles. The van der Waals surface area contributed by atoms with Crippen LogP contribution in [0.2, 0.25) is 0 Å². The molecule has 0 atom stereocenters. The molecule has 0 N–H and O–H groups in total. The van der Waals surface area contributed by atoms with E-state index >= 15 is 0 Å². The molecule has 1 aliphatic rings. The van der Waals surface area contributed by atoms with Gasteiger partial charge in [-0.15, -0.1) is 0 Å². The van der Waals surface area contributed by atoms with Gasteiger partial charge in [0.25, 0.3) is 17.7 Å². The third kappa shape index (κ3) is 4.80. The Morgan fingerprint density at radius 2 is 1.34 bits per heavy atom. The van der Waals surface area contributed by atoms with E-state index in [1.807, 2.05) is 31.2 Å². The Balaban J connectivity index is 1.55. The van der Waals surface area contributed by atoms with E-state index in [0.29, 0.717) is 45.2 Å². The maximum absolute atomic E-state index is 14.2. The van der Waals surface area contributed by atoms with E-state index in [9.17, 15) is 14.4 Å². The zero-order chi connectivity index (χ0) is 29.3. The van der Waals surface area contributed by atoms with E-state index in [1.54, 1.807) is 42.5 Å². The molecular weight excluding hydrogens is 524 g/mol. The summed E-state index contributed by atoms with van der Waals surface area (Å²) >= 11 is 0. The highest BCUT2D eigenvalue weighted by Gasteiger charge is 2.34. The van der Waals surface area contributed by atoms with Crippen molar-refractivity contribution in [3.8, 4) is 23.0 Å². The minimum Gasteiger partial charge on any atom is -0.495 e. The van der Waals surface area contributed by atoms with Gasteiger partial charge in [0.2, 0.25) is 5.75 Å². The highest BCUT2D eigenvalue weighted by Crippen LogP contribution is 2.39. The second kappa shape index (κ2) is 11.2. The molecule has 4 aromatic rings. The molecule has 0 spiro atoms. The van der Waals surface area contributed by atoms with Crippen molar-refractivity contribution in [2.45, 2.75) is 6.92 Å². The molecule has 0 aromatic heterocycles. The number of carbonyl (C=O) groups excluding carboxylic acids is 3. The lowest BCUT2D eigenvalue weighted by Gasteiger charge is -2.31. The first-order valence-electron chi connectivity index (χ1n) is 13.0. The van der Waals surface area contributed by atoms with Gasteiger partial charge in [-0.3, -0.25) is 19.3 Å². The number of imide groups is 1. The van der Waals surface area contributed by atoms with E-state index in [-0.39, 0.29) is 18.7 Å². The summed E-state index contributed by atoms with van der Waals surface area (Å²) in [6, 6.07) is 19.4. The SMILES string of the molecule is COc1cc(C)ccc1N(CCN1C(=O)c2cccc3cccc(c23)C1=O)C(=O)c1cc(OC)c(OC)c(OC)c1. The number of methoxy groups -OCH3 is 4. The minimum absolute atomic E-state index is 0.00450. The first-order chi connectivity index (χ1) is 19.8. The molecule has 1 aliphatic heterocycles. The van der Waals surface area contributed by atoms with Crippen LogP contribution in [0.4, 0.5) is 5.69 Å². The molecule has 41 heavy (non-hydrogen) atoms. The Hall–Kier alpha value is -5.05. The number of amides is 3. The van der Waals surface area contributed by atoms with E-state index in [1.165, 1.54) is 38.2 Å². The number of nitrogens with zero attached hydrogens (tertiary/aromatic N) is 2. The van der Waals surface area contributed by atoms with Crippen LogP contribution in [0.5, 0.6) is 23.0 Å². The fourth-order valence-corrected chi connectivity index (χ4v) is 5.18. The summed E-state index contributed by atoms with van der Waals surface area (Å²) in [5, 5.41) is 1.47. The Morgan fingerprint density at radius 3 is 1.88 bits per heavy atom. The molecule has 9 heteroatoms. The summed E-state index contributed by atoms with van der Waals surface area (Å²) in [6.07, 6.45) is 0. The number of aryl methyl sites for hydroxylation is 1. The van der Waals surface area contributed by atoms with Crippen molar-refractivity contribution >= 4 is 34.2 Å². The number of ether oxygens (including phenoxy) is 4. The van der Waals surface area contributed by atoms with Crippen LogP contribution in [0.25, 0.3) is 10.8 Å². The monoisotopic (exact) mass is 554 g/mol. The number of rotatable bonds is 9. The Labute approximate surface area is 237 Å². The van der Waals surface area contributed by atoms with Crippen molar-refractivity contribution in [1.82, 2.24) is 4.90 Å². The predicted molar refractivity (Wildman–Crippen MR) is 155 cm³/mol. The first kappa shape index (κ1) is 27.5. The second-order valence-corrected chi connectivity index (χ2v) is 9.52. The summed E-state index contributed by atoms with van der Waals surface area (Å²) in [6.45, 7) is 1.88. The molecule has 0 unspecified atom stereocenters. The van der Waals surface area contributed by atoms with Crippen LogP contribution in [-0.2, 0) is 0 Å². The zero-order valence-electron chi connectivity index (χ0n) is 23.5. The Morgan fingerprint density at radius 1 is 0.756 bits per heavy atom. The quantitative estimate of drug-likeness (QED) is 0.265. The van der Waals surface area contributed by atoms with Crippen molar-refractivity contribution in [3.63, 3.8) is 0 Å². The summed E-state index contributed by atoms with van der Waals surface area (Å²) < 4.78 is 22.0. The molecule has 4 aromatic carbocycles. The van der Waals surface area contributed by atoms with Crippen LogP contribution >= 0.6 is 0 Å². The largest absolute Gasteiger partial charge is 0.495 e. The van der Waals surface area contributed by atoms with Gasteiger partial charge in [0.05, 0.1) is 34.1 Å². The normalized spacial score (nSPS) is 12.4. The highest BCUT2D eigenvalue weighted by molar-refractivity contribution is 6.25. The summed E-state index contributed by atoms with van der Waals surface area (Å²) in [5.74, 6) is 0.228. The summed E-state index contributed by atoms with van der Waals surface area (Å²) in [5.41, 5.74) is 2.59. The lowest BCUT2D eigenvalue weighted by molar-refractivity contribution is 0.0611. The van der Waals surface area contributed by atoms with Gasteiger partial charge in [0.15, 0.2) is 11.5 Å². The highest BCUT2D eigenvalue weighted by atomic mass is 16.5. The molecule has 5 rings (SSSR count). The third-order valence-electron chi connectivity index (χ3n) is 7.19. The molecule has 0 fully saturated rings. The maximum Gasteiger partial charge on any atom is 0.261 e. The lowest BCUT2D eigenvalue weighted by Crippen LogP contribution is -2.46. The lowest BCUT2D eigenvalue weighted by atomic mass is 9.94. The van der Waals surface area contributed by atoms with Gasteiger partial charge in [-0.25, -0.2) is 0 Å². The van der Waals surface area contributed by atoms with Gasteiger partial charge in [0, 0.05) is 35.2 Å². The molecule has 0 radical (unpaired) electrons. The smallest absolute Gasteiger partial charge is 0.261 e. The van der Waals surface area contributed by atoms with Crippen LogP contribution in [-0.4, -0.2) is 64.2 Å². The minimum atomic E-state index is -0.411. The predicted octanol–water partition coefficient (Wildman–Crippen LogP) is 5.13. The molecule has 3 amide bonds. The molecule has 0 saturated carbocycles. The first-order valence-corrected chi connectivity index (χ1v) is 13.0. The molecule has 9 nitrogen and oxygen atoms in total. The standard InChI is InChI=1S/C32H30N2O7/c1-19-12-13-24(25(16-19)38-2)33(30(35)21-17-26(39-3)29(41-5)27(18-21)40-4)14-15-34-31(36)22-10-6-8-20-9-7-11-23(28(20)22)32(34)37/h6-13,16-18H,14-15H2,1-5H3. The summed E-state index contributed by atoms with van der Waals surface area (Å²) in [4.78, 5) is 43.9. The molecule has 1 heterocycles. The van der Waals surface area contributed by atoms with E-state index < -0.39 is 17.7 Å². The number of carbonyl (C=O) groups is 3. The van der Waals surface area contributed by atoms with Crippen LogP contribution in [0.3, 0.4) is 0 Å². The van der Waals surface area contributed by atoms with Crippen LogP contribution < -0.4 is 23.8 Å². The zero-order valence-corrected chi connectivity index (χ0v) is 23.5. The number of anilines is 1. The van der Waals surface area contributed by atoms with Crippen molar-refractivity contribution < 1.29 is 33.3 Å². The van der Waals surface area contributed by atoms with Gasteiger partial charge in [-0.2, -0.15) is 0 Å².